The molecule has 4 heteroatoms. The van der Waals surface area contributed by atoms with Gasteiger partial charge in [-0.15, -0.1) is 0 Å². The van der Waals surface area contributed by atoms with Crippen LogP contribution >= 0.6 is 0 Å². The predicted octanol–water partition coefficient (Wildman–Crippen LogP) is 4.00. The zero-order valence-corrected chi connectivity index (χ0v) is 16.3. The minimum absolute atomic E-state index is 0.0470. The molecule has 2 rings (SSSR count). The lowest BCUT2D eigenvalue weighted by Crippen LogP contribution is -2.34. The van der Waals surface area contributed by atoms with Gasteiger partial charge in [-0.3, -0.25) is 9.59 Å². The summed E-state index contributed by atoms with van der Waals surface area (Å²) in [5.41, 5.74) is 2.08. The minimum atomic E-state index is -0.122. The van der Waals surface area contributed by atoms with Gasteiger partial charge in [0.25, 0.3) is 0 Å². The maximum absolute atomic E-state index is 12.4. The number of nitrogens with one attached hydrogen (secondary N) is 2. The van der Waals surface area contributed by atoms with Crippen molar-refractivity contribution >= 4 is 11.8 Å². The van der Waals surface area contributed by atoms with Crippen LogP contribution in [0.2, 0.25) is 0 Å². The second-order valence-corrected chi connectivity index (χ2v) is 6.68. The van der Waals surface area contributed by atoms with Crippen LogP contribution in [0.25, 0.3) is 0 Å². The van der Waals surface area contributed by atoms with Crippen molar-refractivity contribution in [3.63, 3.8) is 0 Å². The van der Waals surface area contributed by atoms with E-state index in [1.165, 1.54) is 0 Å². The highest BCUT2D eigenvalue weighted by atomic mass is 16.2. The van der Waals surface area contributed by atoms with Crippen molar-refractivity contribution in [3.8, 4) is 0 Å². The van der Waals surface area contributed by atoms with E-state index in [-0.39, 0.29) is 23.7 Å². The monoisotopic (exact) mass is 366 g/mol. The molecule has 0 fully saturated rings. The van der Waals surface area contributed by atoms with Gasteiger partial charge in [0.15, 0.2) is 0 Å². The Kier molecular flexibility index (Phi) is 8.56. The van der Waals surface area contributed by atoms with Crippen molar-refractivity contribution < 1.29 is 9.59 Å². The highest BCUT2D eigenvalue weighted by Crippen LogP contribution is 2.20. The first-order valence-electron chi connectivity index (χ1n) is 9.82. The maximum Gasteiger partial charge on any atom is 0.227 e. The van der Waals surface area contributed by atoms with E-state index in [1.54, 1.807) is 0 Å². The molecule has 27 heavy (non-hydrogen) atoms. The van der Waals surface area contributed by atoms with Crippen molar-refractivity contribution in [2.24, 2.45) is 0 Å². The largest absolute Gasteiger partial charge is 0.356 e. The molecule has 0 spiro atoms. The van der Waals surface area contributed by atoms with Crippen molar-refractivity contribution in [1.82, 2.24) is 10.6 Å². The van der Waals surface area contributed by atoms with Gasteiger partial charge in [0.1, 0.15) is 0 Å². The van der Waals surface area contributed by atoms with Crippen LogP contribution in [0.5, 0.6) is 0 Å². The maximum atomic E-state index is 12.4. The molecule has 0 radical (unpaired) electrons. The Morgan fingerprint density at radius 1 is 0.704 bits per heavy atom. The molecule has 0 aliphatic heterocycles. The molecule has 0 saturated heterocycles. The molecule has 0 aliphatic rings. The van der Waals surface area contributed by atoms with Gasteiger partial charge in [-0.05, 0) is 30.4 Å². The van der Waals surface area contributed by atoms with E-state index in [1.807, 2.05) is 74.5 Å². The smallest absolute Gasteiger partial charge is 0.227 e. The van der Waals surface area contributed by atoms with Crippen LogP contribution in [0, 0.1) is 0 Å². The van der Waals surface area contributed by atoms with Gasteiger partial charge in [0.05, 0.1) is 11.8 Å². The van der Waals surface area contributed by atoms with Crippen molar-refractivity contribution in [2.75, 3.05) is 13.1 Å². The van der Waals surface area contributed by atoms with Gasteiger partial charge in [-0.1, -0.05) is 74.5 Å². The minimum Gasteiger partial charge on any atom is -0.356 e. The first-order valence-corrected chi connectivity index (χ1v) is 9.82. The van der Waals surface area contributed by atoms with E-state index in [4.69, 9.17) is 0 Å². The Balaban J connectivity index is 1.73. The number of hydrogen-bond donors (Lipinski definition) is 2. The van der Waals surface area contributed by atoms with Gasteiger partial charge in [-0.2, -0.15) is 0 Å². The SMILES string of the molecule is CC[C@@H](C(=O)NCCCNC(=O)[C@H](CC)c1ccccc1)c1ccccc1. The quantitative estimate of drug-likeness (QED) is 0.625. The first-order chi connectivity index (χ1) is 13.2. The molecule has 2 N–H and O–H groups in total. The third-order valence-corrected chi connectivity index (χ3v) is 4.81. The number of carbonyl (C=O) groups is 2. The summed E-state index contributed by atoms with van der Waals surface area (Å²) in [6, 6.07) is 19.7. The van der Waals surface area contributed by atoms with E-state index in [0.717, 1.165) is 24.0 Å². The van der Waals surface area contributed by atoms with E-state index in [2.05, 4.69) is 10.6 Å². The summed E-state index contributed by atoms with van der Waals surface area (Å²) in [6.45, 7) is 5.16. The summed E-state index contributed by atoms with van der Waals surface area (Å²) < 4.78 is 0. The highest BCUT2D eigenvalue weighted by Gasteiger charge is 2.19. The van der Waals surface area contributed by atoms with E-state index >= 15 is 0 Å². The zero-order chi connectivity index (χ0) is 19.5. The van der Waals surface area contributed by atoms with Gasteiger partial charge in [-0.25, -0.2) is 0 Å². The fourth-order valence-corrected chi connectivity index (χ4v) is 3.27. The Morgan fingerprint density at radius 2 is 1.07 bits per heavy atom. The number of benzene rings is 2. The Morgan fingerprint density at radius 3 is 1.41 bits per heavy atom. The molecule has 0 aromatic heterocycles. The average molecular weight is 367 g/mol. The van der Waals surface area contributed by atoms with Crippen LogP contribution in [0.3, 0.4) is 0 Å². The topological polar surface area (TPSA) is 58.2 Å². The second-order valence-electron chi connectivity index (χ2n) is 6.68. The van der Waals surface area contributed by atoms with Crippen molar-refractivity contribution in [2.45, 2.75) is 44.9 Å². The number of amides is 2. The molecule has 0 saturated carbocycles. The molecule has 2 atom stereocenters. The lowest BCUT2D eigenvalue weighted by molar-refractivity contribution is -0.122. The predicted molar refractivity (Wildman–Crippen MR) is 110 cm³/mol. The average Bonchev–Trinajstić information content (AvgIpc) is 2.70. The van der Waals surface area contributed by atoms with E-state index in [9.17, 15) is 9.59 Å². The van der Waals surface area contributed by atoms with Crippen molar-refractivity contribution in [1.29, 1.82) is 0 Å². The molecule has 0 heterocycles. The molecule has 2 aromatic carbocycles. The molecule has 0 unspecified atom stereocenters. The fraction of sp³-hybridized carbons (Fsp3) is 0.391. The fourth-order valence-electron chi connectivity index (χ4n) is 3.27. The van der Waals surface area contributed by atoms with Gasteiger partial charge in [0.2, 0.25) is 11.8 Å². The zero-order valence-electron chi connectivity index (χ0n) is 16.3. The van der Waals surface area contributed by atoms with Crippen LogP contribution in [0.1, 0.15) is 56.1 Å². The standard InChI is InChI=1S/C23H30N2O2/c1-3-20(18-12-7-5-8-13-18)22(26)24-16-11-17-25-23(27)21(4-2)19-14-9-6-10-15-19/h5-10,12-15,20-21H,3-4,11,16-17H2,1-2H3,(H,24,26)(H,25,27)/t20-,21-/m1/s1. The third-order valence-electron chi connectivity index (χ3n) is 4.81. The summed E-state index contributed by atoms with van der Waals surface area (Å²) >= 11 is 0. The van der Waals surface area contributed by atoms with Gasteiger partial charge in [0, 0.05) is 13.1 Å². The lowest BCUT2D eigenvalue weighted by atomic mass is 9.95. The Hall–Kier alpha value is -2.62. The van der Waals surface area contributed by atoms with Crippen LogP contribution < -0.4 is 10.6 Å². The van der Waals surface area contributed by atoms with Crippen LogP contribution in [-0.2, 0) is 9.59 Å². The first kappa shape index (κ1) is 20.7. The molecule has 2 amide bonds. The normalized spacial score (nSPS) is 12.8. The second kappa shape index (κ2) is 11.2. The van der Waals surface area contributed by atoms with Crippen LogP contribution in [0.15, 0.2) is 60.7 Å². The summed E-state index contributed by atoms with van der Waals surface area (Å²) in [6.07, 6.45) is 2.25. The van der Waals surface area contributed by atoms with E-state index < -0.39 is 0 Å². The number of hydrogen-bond acceptors (Lipinski definition) is 2. The molecule has 4 nitrogen and oxygen atoms in total. The highest BCUT2D eigenvalue weighted by molar-refractivity contribution is 5.84. The Bertz CT molecular complexity index is 639. The van der Waals surface area contributed by atoms with Gasteiger partial charge >= 0.3 is 0 Å². The van der Waals surface area contributed by atoms with Crippen molar-refractivity contribution in [3.05, 3.63) is 71.8 Å². The number of carbonyl (C=O) groups excluding carboxylic acids is 2. The summed E-state index contributed by atoms with van der Waals surface area (Å²) in [5, 5.41) is 5.98. The van der Waals surface area contributed by atoms with Crippen LogP contribution in [0.4, 0.5) is 0 Å². The summed E-state index contributed by atoms with van der Waals surface area (Å²) in [7, 11) is 0. The Labute approximate surface area is 162 Å². The molecular weight excluding hydrogens is 336 g/mol. The summed E-state index contributed by atoms with van der Waals surface area (Å²) in [4.78, 5) is 24.8. The van der Waals surface area contributed by atoms with Gasteiger partial charge < -0.3 is 10.6 Å². The number of rotatable bonds is 10. The molecule has 0 bridgehead atoms. The third kappa shape index (κ3) is 6.24. The molecular formula is C23H30N2O2. The molecule has 0 aliphatic carbocycles. The van der Waals surface area contributed by atoms with E-state index in [0.29, 0.717) is 19.5 Å². The molecule has 2 aromatic rings. The van der Waals surface area contributed by atoms with Crippen LogP contribution in [-0.4, -0.2) is 24.9 Å². The lowest BCUT2D eigenvalue weighted by Gasteiger charge is -2.17. The summed E-state index contributed by atoms with van der Waals surface area (Å²) in [5.74, 6) is -0.150. The molecule has 144 valence electrons.